The molecule has 0 radical (unpaired) electrons. The Bertz CT molecular complexity index is 1220. The number of carbonyl (C=O) groups is 2. The fourth-order valence-corrected chi connectivity index (χ4v) is 4.62. The molecule has 1 fully saturated rings. The third kappa shape index (κ3) is 3.86. The van der Waals surface area contributed by atoms with Crippen LogP contribution in [0.3, 0.4) is 0 Å². The Kier molecular flexibility index (Phi) is 5.36. The van der Waals surface area contributed by atoms with Crippen LogP contribution in [0.2, 0.25) is 0 Å². The van der Waals surface area contributed by atoms with Crippen LogP contribution < -0.4 is 9.64 Å². The largest absolute Gasteiger partial charge is 0.495 e. The van der Waals surface area contributed by atoms with E-state index in [2.05, 4.69) is 5.16 Å². The van der Waals surface area contributed by atoms with Crippen LogP contribution in [0.1, 0.15) is 23.2 Å². The van der Waals surface area contributed by atoms with E-state index >= 15 is 0 Å². The molecule has 2 aliphatic rings. The Hall–Kier alpha value is -3.68. The maximum atomic E-state index is 13.3. The summed E-state index contributed by atoms with van der Waals surface area (Å²) < 4.78 is 24.2. The maximum Gasteiger partial charge on any atom is 0.228 e. The fourth-order valence-electron chi connectivity index (χ4n) is 4.62. The SMILES string of the molecule is COc1ccc(C)cc1N1CC(C(=O)N2CCc3c(noc3-c3ccc(F)cc3)C2)CC1=O. The summed E-state index contributed by atoms with van der Waals surface area (Å²) in [7, 11) is 1.57. The van der Waals surface area contributed by atoms with Crippen LogP contribution in [0, 0.1) is 18.7 Å². The molecule has 170 valence electrons. The lowest BCUT2D eigenvalue weighted by Crippen LogP contribution is -2.40. The molecule has 0 spiro atoms. The summed E-state index contributed by atoms with van der Waals surface area (Å²) in [4.78, 5) is 29.5. The van der Waals surface area contributed by atoms with E-state index in [1.165, 1.54) is 12.1 Å². The van der Waals surface area contributed by atoms with Gasteiger partial charge in [0.25, 0.3) is 0 Å². The molecule has 1 unspecified atom stereocenters. The molecule has 2 aliphatic heterocycles. The van der Waals surface area contributed by atoms with Gasteiger partial charge in [-0.3, -0.25) is 9.59 Å². The zero-order valence-corrected chi connectivity index (χ0v) is 18.5. The van der Waals surface area contributed by atoms with Crippen LogP contribution in [0.5, 0.6) is 5.75 Å². The smallest absolute Gasteiger partial charge is 0.228 e. The highest BCUT2D eigenvalue weighted by molar-refractivity contribution is 6.01. The van der Waals surface area contributed by atoms with Crippen molar-refractivity contribution in [3.8, 4) is 17.1 Å². The van der Waals surface area contributed by atoms with Gasteiger partial charge in [-0.05, 0) is 55.3 Å². The Morgan fingerprint density at radius 1 is 1.21 bits per heavy atom. The van der Waals surface area contributed by atoms with Crippen LogP contribution in [0.4, 0.5) is 10.1 Å². The van der Waals surface area contributed by atoms with E-state index in [4.69, 9.17) is 9.26 Å². The van der Waals surface area contributed by atoms with E-state index in [-0.39, 0.29) is 24.1 Å². The number of methoxy groups -OCH3 is 1. The standard InChI is InChI=1S/C25H24FN3O4/c1-15-3-8-22(32-2)21(11-15)29-13-17(12-23(29)30)25(31)28-10-9-19-20(14-28)27-33-24(19)16-4-6-18(26)7-5-16/h3-8,11,17H,9-10,12-14H2,1-2H3. The van der Waals surface area contributed by atoms with Crippen LogP contribution >= 0.6 is 0 Å². The van der Waals surface area contributed by atoms with E-state index in [1.54, 1.807) is 29.0 Å². The second-order valence-corrected chi connectivity index (χ2v) is 8.53. The number of benzene rings is 2. The number of rotatable bonds is 4. The highest BCUT2D eigenvalue weighted by Gasteiger charge is 2.39. The Labute approximate surface area is 190 Å². The summed E-state index contributed by atoms with van der Waals surface area (Å²) >= 11 is 0. The summed E-state index contributed by atoms with van der Waals surface area (Å²) in [6, 6.07) is 11.8. The molecule has 3 heterocycles. The van der Waals surface area contributed by atoms with E-state index in [1.807, 2.05) is 25.1 Å². The van der Waals surface area contributed by atoms with Crippen molar-refractivity contribution in [1.82, 2.24) is 10.1 Å². The van der Waals surface area contributed by atoms with Gasteiger partial charge >= 0.3 is 0 Å². The Morgan fingerprint density at radius 3 is 2.76 bits per heavy atom. The van der Waals surface area contributed by atoms with Crippen molar-refractivity contribution < 1.29 is 23.2 Å². The summed E-state index contributed by atoms with van der Waals surface area (Å²) in [6.45, 7) is 3.12. The normalized spacial score (nSPS) is 17.9. The molecule has 2 aromatic carbocycles. The Balaban J connectivity index is 1.31. The number of hydrogen-bond acceptors (Lipinski definition) is 5. The number of nitrogens with zero attached hydrogens (tertiary/aromatic N) is 3. The number of fused-ring (bicyclic) bond motifs is 1. The van der Waals surface area contributed by atoms with Gasteiger partial charge in [0.15, 0.2) is 5.76 Å². The first-order chi connectivity index (χ1) is 15.9. The third-order valence-corrected chi connectivity index (χ3v) is 6.36. The maximum absolute atomic E-state index is 13.3. The minimum atomic E-state index is -0.423. The summed E-state index contributed by atoms with van der Waals surface area (Å²) in [6.07, 6.45) is 0.756. The molecule has 1 atom stereocenters. The van der Waals surface area contributed by atoms with Gasteiger partial charge in [0.1, 0.15) is 17.3 Å². The number of aryl methyl sites for hydroxylation is 1. The number of anilines is 1. The van der Waals surface area contributed by atoms with Gasteiger partial charge in [0, 0.05) is 30.6 Å². The average Bonchev–Trinajstić information content (AvgIpc) is 3.42. The van der Waals surface area contributed by atoms with Crippen molar-refractivity contribution in [2.24, 2.45) is 5.92 Å². The monoisotopic (exact) mass is 449 g/mol. The minimum absolute atomic E-state index is 0.0607. The number of halogens is 1. The van der Waals surface area contributed by atoms with Gasteiger partial charge in [0.05, 0.1) is 25.3 Å². The molecule has 8 heteroatoms. The predicted octanol–water partition coefficient (Wildman–Crippen LogP) is 3.74. The van der Waals surface area contributed by atoms with Crippen LogP contribution in [0.15, 0.2) is 47.0 Å². The molecule has 0 aliphatic carbocycles. The average molecular weight is 449 g/mol. The number of ether oxygens (including phenoxy) is 1. The van der Waals surface area contributed by atoms with Gasteiger partial charge in [-0.25, -0.2) is 4.39 Å². The molecule has 1 saturated heterocycles. The summed E-state index contributed by atoms with van der Waals surface area (Å²) in [5.74, 6) is 0.343. The molecular weight excluding hydrogens is 425 g/mol. The lowest BCUT2D eigenvalue weighted by atomic mass is 9.99. The van der Waals surface area contributed by atoms with Crippen molar-refractivity contribution in [2.75, 3.05) is 25.1 Å². The third-order valence-electron chi connectivity index (χ3n) is 6.36. The van der Waals surface area contributed by atoms with Crippen molar-refractivity contribution >= 4 is 17.5 Å². The molecule has 0 saturated carbocycles. The number of hydrogen-bond donors (Lipinski definition) is 0. The van der Waals surface area contributed by atoms with E-state index in [0.29, 0.717) is 48.9 Å². The summed E-state index contributed by atoms with van der Waals surface area (Å²) in [5, 5.41) is 4.17. The van der Waals surface area contributed by atoms with Gasteiger partial charge in [-0.2, -0.15) is 0 Å². The first-order valence-electron chi connectivity index (χ1n) is 10.9. The molecule has 0 bridgehead atoms. The first-order valence-corrected chi connectivity index (χ1v) is 10.9. The Morgan fingerprint density at radius 2 is 2.00 bits per heavy atom. The van der Waals surface area contributed by atoms with E-state index < -0.39 is 5.92 Å². The van der Waals surface area contributed by atoms with Crippen molar-refractivity contribution in [1.29, 1.82) is 0 Å². The lowest BCUT2D eigenvalue weighted by Gasteiger charge is -2.28. The first kappa shape index (κ1) is 21.2. The number of carbonyl (C=O) groups excluding carboxylic acids is 2. The zero-order valence-electron chi connectivity index (χ0n) is 18.5. The van der Waals surface area contributed by atoms with Crippen molar-refractivity contribution in [2.45, 2.75) is 26.3 Å². The van der Waals surface area contributed by atoms with Crippen LogP contribution in [-0.2, 0) is 22.6 Å². The highest BCUT2D eigenvalue weighted by atomic mass is 19.1. The van der Waals surface area contributed by atoms with Crippen LogP contribution in [-0.4, -0.2) is 42.1 Å². The predicted molar refractivity (Wildman–Crippen MR) is 119 cm³/mol. The van der Waals surface area contributed by atoms with Gasteiger partial charge in [-0.15, -0.1) is 0 Å². The zero-order chi connectivity index (χ0) is 23.1. The molecule has 0 N–H and O–H groups in total. The number of aromatic nitrogens is 1. The van der Waals surface area contributed by atoms with E-state index in [9.17, 15) is 14.0 Å². The second-order valence-electron chi connectivity index (χ2n) is 8.53. The highest BCUT2D eigenvalue weighted by Crippen LogP contribution is 2.36. The summed E-state index contributed by atoms with van der Waals surface area (Å²) in [5.41, 5.74) is 4.11. The van der Waals surface area contributed by atoms with Gasteiger partial charge in [-0.1, -0.05) is 11.2 Å². The molecule has 3 aromatic rings. The topological polar surface area (TPSA) is 75.9 Å². The molecule has 2 amide bonds. The van der Waals surface area contributed by atoms with Crippen LogP contribution in [0.25, 0.3) is 11.3 Å². The van der Waals surface area contributed by atoms with E-state index in [0.717, 1.165) is 16.7 Å². The molecule has 5 rings (SSSR count). The molecule has 7 nitrogen and oxygen atoms in total. The quantitative estimate of drug-likeness (QED) is 0.607. The molecular formula is C25H24FN3O4. The lowest BCUT2D eigenvalue weighted by molar-refractivity contribution is -0.136. The molecule has 1 aromatic heterocycles. The van der Waals surface area contributed by atoms with Gasteiger partial charge < -0.3 is 19.1 Å². The van der Waals surface area contributed by atoms with Gasteiger partial charge in [0.2, 0.25) is 11.8 Å². The number of amides is 2. The second kappa shape index (κ2) is 8.35. The molecule has 33 heavy (non-hydrogen) atoms. The fraction of sp³-hybridized carbons (Fsp3) is 0.320. The minimum Gasteiger partial charge on any atom is -0.495 e. The van der Waals surface area contributed by atoms with Crippen molar-refractivity contribution in [3.63, 3.8) is 0 Å². The van der Waals surface area contributed by atoms with Crippen molar-refractivity contribution in [3.05, 3.63) is 65.1 Å².